The summed E-state index contributed by atoms with van der Waals surface area (Å²) in [5.41, 5.74) is 1.10. The van der Waals surface area contributed by atoms with Crippen molar-refractivity contribution >= 4 is 11.6 Å². The first-order chi connectivity index (χ1) is 11.7. The van der Waals surface area contributed by atoms with Gasteiger partial charge in [-0.05, 0) is 26.3 Å². The highest BCUT2D eigenvalue weighted by molar-refractivity contribution is 5.45. The Kier molecular flexibility index (Phi) is 5.30. The number of nitrogens with one attached hydrogen (secondary N) is 1. The highest BCUT2D eigenvalue weighted by atomic mass is 16.3. The van der Waals surface area contributed by atoms with Crippen LogP contribution in [0.4, 0.5) is 5.82 Å². The molecular weight excluding hydrogens is 304 g/mol. The number of rotatable bonds is 7. The molecule has 0 bridgehead atoms. The number of hydrogen-bond acceptors (Lipinski definition) is 6. The summed E-state index contributed by atoms with van der Waals surface area (Å²) in [6.07, 6.45) is 8.51. The summed E-state index contributed by atoms with van der Waals surface area (Å²) >= 11 is 0. The van der Waals surface area contributed by atoms with Crippen LogP contribution in [0.2, 0.25) is 0 Å². The Labute approximate surface area is 143 Å². The molecule has 0 saturated heterocycles. The van der Waals surface area contributed by atoms with Crippen LogP contribution in [0.1, 0.15) is 44.7 Å². The minimum absolute atomic E-state index is 0.0868. The lowest BCUT2D eigenvalue weighted by molar-refractivity contribution is 0.0689. The van der Waals surface area contributed by atoms with Crippen LogP contribution in [0.15, 0.2) is 12.4 Å². The third kappa shape index (κ3) is 3.37. The van der Waals surface area contributed by atoms with Crippen molar-refractivity contribution in [2.45, 2.75) is 51.0 Å². The number of anilines is 1. The lowest BCUT2D eigenvalue weighted by Crippen LogP contribution is -2.53. The van der Waals surface area contributed by atoms with E-state index in [-0.39, 0.29) is 12.1 Å². The second-order valence-electron chi connectivity index (χ2n) is 6.74. The topological polar surface area (TPSA) is 78.6 Å². The maximum Gasteiger partial charge on any atom is 0.254 e. The largest absolute Gasteiger partial charge is 0.395 e. The van der Waals surface area contributed by atoms with Crippen molar-refractivity contribution in [2.75, 3.05) is 32.1 Å². The van der Waals surface area contributed by atoms with Gasteiger partial charge in [-0.3, -0.25) is 4.90 Å². The first-order valence-electron chi connectivity index (χ1n) is 8.94. The van der Waals surface area contributed by atoms with Gasteiger partial charge in [0.25, 0.3) is 5.78 Å². The zero-order valence-corrected chi connectivity index (χ0v) is 14.7. The van der Waals surface area contributed by atoms with Crippen LogP contribution in [0.3, 0.4) is 0 Å². The molecule has 0 radical (unpaired) electrons. The van der Waals surface area contributed by atoms with Crippen molar-refractivity contribution in [2.24, 2.45) is 0 Å². The summed E-state index contributed by atoms with van der Waals surface area (Å²) in [7, 11) is 2.12. The molecule has 2 aromatic heterocycles. The van der Waals surface area contributed by atoms with E-state index >= 15 is 0 Å². The molecule has 24 heavy (non-hydrogen) atoms. The molecule has 2 aromatic rings. The maximum absolute atomic E-state index is 9.36. The number of aliphatic hydroxyl groups is 1. The van der Waals surface area contributed by atoms with Crippen LogP contribution in [-0.4, -0.2) is 61.9 Å². The van der Waals surface area contributed by atoms with Crippen LogP contribution >= 0.6 is 0 Å². The SMILES string of the molecule is CCc1cc(NCC2(N(C)CCO)CCCCC2)n2ncnc2n1. The van der Waals surface area contributed by atoms with Gasteiger partial charge in [0, 0.05) is 30.4 Å². The van der Waals surface area contributed by atoms with Gasteiger partial charge in [0.15, 0.2) is 0 Å². The van der Waals surface area contributed by atoms with E-state index in [1.165, 1.54) is 19.3 Å². The second-order valence-corrected chi connectivity index (χ2v) is 6.74. The van der Waals surface area contributed by atoms with Crippen molar-refractivity contribution in [1.82, 2.24) is 24.5 Å². The molecule has 3 rings (SSSR count). The highest BCUT2D eigenvalue weighted by Gasteiger charge is 2.35. The number of hydrogen-bond donors (Lipinski definition) is 2. The lowest BCUT2D eigenvalue weighted by Gasteiger charge is -2.45. The number of fused-ring (bicyclic) bond motifs is 1. The molecule has 2 N–H and O–H groups in total. The van der Waals surface area contributed by atoms with Crippen LogP contribution in [0.5, 0.6) is 0 Å². The zero-order valence-electron chi connectivity index (χ0n) is 14.7. The number of nitrogens with zero attached hydrogens (tertiary/aromatic N) is 5. The molecule has 132 valence electrons. The molecule has 0 atom stereocenters. The molecule has 1 aliphatic rings. The Bertz CT molecular complexity index is 664. The predicted molar refractivity (Wildman–Crippen MR) is 94.2 cm³/mol. The van der Waals surface area contributed by atoms with E-state index in [1.807, 2.05) is 0 Å². The molecule has 0 unspecified atom stereocenters. The van der Waals surface area contributed by atoms with E-state index in [4.69, 9.17) is 0 Å². The summed E-state index contributed by atoms with van der Waals surface area (Å²) in [6, 6.07) is 2.06. The molecule has 7 nitrogen and oxygen atoms in total. The summed E-state index contributed by atoms with van der Waals surface area (Å²) in [5.74, 6) is 1.58. The number of β-amino-alcohol motifs (C(OH)–C–C–N with tert-alkyl or cyclic N) is 1. The maximum atomic E-state index is 9.36. The molecule has 7 heteroatoms. The van der Waals surface area contributed by atoms with Gasteiger partial charge >= 0.3 is 0 Å². The standard InChI is InChI=1S/C17H28N6O/c1-3-14-11-15(23-16(21-14)19-13-20-23)18-12-17(22(2)9-10-24)7-5-4-6-8-17/h11,13,18,24H,3-10,12H2,1-2H3. The Hall–Kier alpha value is -1.73. The zero-order chi connectivity index (χ0) is 17.0. The highest BCUT2D eigenvalue weighted by Crippen LogP contribution is 2.33. The Balaban J connectivity index is 1.83. The molecule has 0 aliphatic heterocycles. The number of aliphatic hydroxyl groups excluding tert-OH is 1. The fourth-order valence-corrected chi connectivity index (χ4v) is 3.71. The molecule has 1 saturated carbocycles. The fraction of sp³-hybridized carbons (Fsp3) is 0.706. The van der Waals surface area contributed by atoms with E-state index in [0.717, 1.165) is 37.3 Å². The third-order valence-corrected chi connectivity index (χ3v) is 5.30. The second kappa shape index (κ2) is 7.44. The van der Waals surface area contributed by atoms with Crippen molar-refractivity contribution in [3.8, 4) is 0 Å². The van der Waals surface area contributed by atoms with Gasteiger partial charge < -0.3 is 10.4 Å². The normalized spacial score (nSPS) is 17.5. The summed E-state index contributed by atoms with van der Waals surface area (Å²) in [4.78, 5) is 11.0. The molecule has 0 spiro atoms. The van der Waals surface area contributed by atoms with E-state index in [9.17, 15) is 5.11 Å². The van der Waals surface area contributed by atoms with Crippen LogP contribution in [0, 0.1) is 0 Å². The number of likely N-dealkylation sites (N-methyl/N-ethyl adjacent to an activating group) is 1. The summed E-state index contributed by atoms with van der Waals surface area (Å²) < 4.78 is 1.77. The van der Waals surface area contributed by atoms with Gasteiger partial charge in [-0.25, -0.2) is 4.98 Å². The van der Waals surface area contributed by atoms with E-state index in [1.54, 1.807) is 10.8 Å². The predicted octanol–water partition coefficient (Wildman–Crippen LogP) is 1.73. The molecule has 2 heterocycles. The van der Waals surface area contributed by atoms with Gasteiger partial charge in [-0.1, -0.05) is 26.2 Å². The molecular formula is C17H28N6O. The molecule has 1 fully saturated rings. The average Bonchev–Trinajstić information content (AvgIpc) is 3.09. The lowest BCUT2D eigenvalue weighted by atomic mass is 9.80. The van der Waals surface area contributed by atoms with Gasteiger partial charge in [0.2, 0.25) is 0 Å². The Morgan fingerprint density at radius 3 is 2.83 bits per heavy atom. The van der Waals surface area contributed by atoms with Gasteiger partial charge in [-0.15, -0.1) is 0 Å². The molecule has 0 amide bonds. The van der Waals surface area contributed by atoms with Crippen LogP contribution in [-0.2, 0) is 6.42 Å². The van der Waals surface area contributed by atoms with Gasteiger partial charge in [0.1, 0.15) is 12.1 Å². The quantitative estimate of drug-likeness (QED) is 0.804. The minimum atomic E-state index is 0.0868. The fourth-order valence-electron chi connectivity index (χ4n) is 3.71. The first-order valence-corrected chi connectivity index (χ1v) is 8.94. The minimum Gasteiger partial charge on any atom is -0.395 e. The Morgan fingerprint density at radius 2 is 2.12 bits per heavy atom. The van der Waals surface area contributed by atoms with E-state index < -0.39 is 0 Å². The number of aromatic nitrogens is 4. The van der Waals surface area contributed by atoms with Crippen molar-refractivity contribution in [3.05, 3.63) is 18.1 Å². The molecule has 0 aromatic carbocycles. The monoisotopic (exact) mass is 332 g/mol. The van der Waals surface area contributed by atoms with Crippen molar-refractivity contribution < 1.29 is 5.11 Å². The Morgan fingerprint density at radius 1 is 1.33 bits per heavy atom. The van der Waals surface area contributed by atoms with E-state index in [2.05, 4.69) is 45.3 Å². The molecule has 1 aliphatic carbocycles. The summed E-state index contributed by atoms with van der Waals surface area (Å²) in [6.45, 7) is 3.83. The van der Waals surface area contributed by atoms with E-state index in [0.29, 0.717) is 12.3 Å². The van der Waals surface area contributed by atoms with Crippen molar-refractivity contribution in [1.29, 1.82) is 0 Å². The van der Waals surface area contributed by atoms with Crippen LogP contribution in [0.25, 0.3) is 5.78 Å². The number of aryl methyl sites for hydroxylation is 1. The van der Waals surface area contributed by atoms with Crippen LogP contribution < -0.4 is 5.32 Å². The summed E-state index contributed by atoms with van der Waals surface area (Å²) in [5, 5.41) is 17.2. The van der Waals surface area contributed by atoms with Crippen molar-refractivity contribution in [3.63, 3.8) is 0 Å². The van der Waals surface area contributed by atoms with Gasteiger partial charge in [-0.2, -0.15) is 14.6 Å². The average molecular weight is 332 g/mol. The first kappa shape index (κ1) is 17.1. The van der Waals surface area contributed by atoms with Gasteiger partial charge in [0.05, 0.1) is 6.61 Å². The third-order valence-electron chi connectivity index (χ3n) is 5.30. The smallest absolute Gasteiger partial charge is 0.254 e.